The van der Waals surface area contributed by atoms with Crippen molar-refractivity contribution in [2.75, 3.05) is 11.9 Å². The Morgan fingerprint density at radius 1 is 1.08 bits per heavy atom. The molecule has 1 aromatic carbocycles. The molecule has 1 amide bonds. The zero-order chi connectivity index (χ0) is 18.9. The average molecular weight is 349 g/mol. The maximum atomic E-state index is 13.1. The second-order valence-electron chi connectivity index (χ2n) is 7.33. The van der Waals surface area contributed by atoms with Crippen molar-refractivity contribution >= 4 is 11.9 Å². The summed E-state index contributed by atoms with van der Waals surface area (Å²) in [6.45, 7) is 8.18. The number of hydrogen-bond donors (Lipinski definition) is 0. The number of rotatable bonds is 3. The Hall–Kier alpha value is -3.02. The topological polar surface area (TPSA) is 63.9 Å². The fraction of sp³-hybridized carbons (Fsp3) is 0.300. The van der Waals surface area contributed by atoms with Crippen molar-refractivity contribution in [1.82, 2.24) is 19.7 Å². The standard InChI is InChI=1S/C20H23N5O/c1-14-7-9-15(10-8-14)25-13-16(17(23-25)20(2,3)4)18(26)24(5)19-21-11-6-12-22-19/h6-13H,1-5H3. The number of aromatic nitrogens is 4. The lowest BCUT2D eigenvalue weighted by Crippen LogP contribution is -2.30. The van der Waals surface area contributed by atoms with Crippen molar-refractivity contribution in [1.29, 1.82) is 0 Å². The lowest BCUT2D eigenvalue weighted by molar-refractivity contribution is 0.0989. The summed E-state index contributed by atoms with van der Waals surface area (Å²) in [5, 5.41) is 4.71. The molecule has 3 rings (SSSR count). The SMILES string of the molecule is Cc1ccc(-n2cc(C(=O)N(C)c3ncccn3)c(C(C)(C)C)n2)cc1. The van der Waals surface area contributed by atoms with Crippen LogP contribution in [0.3, 0.4) is 0 Å². The first-order valence-corrected chi connectivity index (χ1v) is 8.49. The predicted octanol–water partition coefficient (Wildman–Crippen LogP) is 3.54. The molecular weight excluding hydrogens is 326 g/mol. The minimum atomic E-state index is -0.278. The van der Waals surface area contributed by atoms with Crippen molar-refractivity contribution in [3.05, 3.63) is 65.7 Å². The zero-order valence-corrected chi connectivity index (χ0v) is 15.8. The Balaban J connectivity index is 2.05. The third-order valence-corrected chi connectivity index (χ3v) is 4.11. The molecule has 0 unspecified atom stereocenters. The highest BCUT2D eigenvalue weighted by atomic mass is 16.2. The normalized spacial score (nSPS) is 11.4. The molecule has 0 aliphatic rings. The number of hydrogen-bond acceptors (Lipinski definition) is 4. The fourth-order valence-electron chi connectivity index (χ4n) is 2.65. The molecule has 0 fully saturated rings. The molecule has 0 aliphatic carbocycles. The van der Waals surface area contributed by atoms with Gasteiger partial charge in [-0.2, -0.15) is 5.10 Å². The van der Waals surface area contributed by atoms with Gasteiger partial charge in [0.15, 0.2) is 0 Å². The predicted molar refractivity (Wildman–Crippen MR) is 102 cm³/mol. The first kappa shape index (κ1) is 17.8. The van der Waals surface area contributed by atoms with Crippen LogP contribution in [-0.4, -0.2) is 32.7 Å². The van der Waals surface area contributed by atoms with Crippen LogP contribution in [0, 0.1) is 6.92 Å². The fourth-order valence-corrected chi connectivity index (χ4v) is 2.65. The number of aryl methyl sites for hydroxylation is 1. The van der Waals surface area contributed by atoms with Gasteiger partial charge in [-0.1, -0.05) is 38.5 Å². The monoisotopic (exact) mass is 349 g/mol. The van der Waals surface area contributed by atoms with Crippen LogP contribution < -0.4 is 4.90 Å². The summed E-state index contributed by atoms with van der Waals surface area (Å²) in [6.07, 6.45) is 5.02. The number of nitrogens with zero attached hydrogens (tertiary/aromatic N) is 5. The van der Waals surface area contributed by atoms with Crippen LogP contribution in [0.15, 0.2) is 48.9 Å². The van der Waals surface area contributed by atoms with E-state index >= 15 is 0 Å². The van der Waals surface area contributed by atoms with Gasteiger partial charge in [0.25, 0.3) is 5.91 Å². The van der Waals surface area contributed by atoms with E-state index in [4.69, 9.17) is 5.10 Å². The second-order valence-corrected chi connectivity index (χ2v) is 7.33. The number of benzene rings is 1. The number of anilines is 1. The quantitative estimate of drug-likeness (QED) is 0.725. The van der Waals surface area contributed by atoms with Crippen molar-refractivity contribution in [3.8, 4) is 5.69 Å². The number of amides is 1. The van der Waals surface area contributed by atoms with Crippen molar-refractivity contribution in [2.45, 2.75) is 33.1 Å². The average Bonchev–Trinajstić information content (AvgIpc) is 3.07. The molecule has 6 nitrogen and oxygen atoms in total. The molecule has 2 aromatic heterocycles. The molecule has 0 aliphatic heterocycles. The lowest BCUT2D eigenvalue weighted by Gasteiger charge is -2.19. The lowest BCUT2D eigenvalue weighted by atomic mass is 9.89. The first-order valence-electron chi connectivity index (χ1n) is 8.49. The highest BCUT2D eigenvalue weighted by Crippen LogP contribution is 2.27. The molecule has 0 bridgehead atoms. The largest absolute Gasteiger partial charge is 0.280 e. The molecule has 0 saturated carbocycles. The van der Waals surface area contributed by atoms with Crippen molar-refractivity contribution in [2.24, 2.45) is 0 Å². The Kier molecular flexibility index (Phi) is 4.59. The van der Waals surface area contributed by atoms with Crippen LogP contribution in [0.1, 0.15) is 42.4 Å². The van der Waals surface area contributed by atoms with Gasteiger partial charge >= 0.3 is 0 Å². The van der Waals surface area contributed by atoms with E-state index in [9.17, 15) is 4.79 Å². The van der Waals surface area contributed by atoms with Gasteiger partial charge in [0.05, 0.1) is 16.9 Å². The van der Waals surface area contributed by atoms with E-state index in [2.05, 4.69) is 9.97 Å². The Morgan fingerprint density at radius 2 is 1.69 bits per heavy atom. The zero-order valence-electron chi connectivity index (χ0n) is 15.8. The summed E-state index contributed by atoms with van der Waals surface area (Å²) < 4.78 is 1.76. The number of carbonyl (C=O) groups excluding carboxylic acids is 1. The molecule has 0 radical (unpaired) electrons. The van der Waals surface area contributed by atoms with Gasteiger partial charge in [-0.05, 0) is 25.1 Å². The van der Waals surface area contributed by atoms with E-state index in [0.29, 0.717) is 11.5 Å². The molecule has 26 heavy (non-hydrogen) atoms. The second kappa shape index (κ2) is 6.71. The van der Waals surface area contributed by atoms with E-state index in [1.807, 2.05) is 52.0 Å². The molecule has 0 saturated heterocycles. The van der Waals surface area contributed by atoms with E-state index < -0.39 is 0 Å². The van der Waals surface area contributed by atoms with Crippen LogP contribution in [0.2, 0.25) is 0 Å². The molecule has 3 aromatic rings. The number of carbonyl (C=O) groups is 1. The highest BCUT2D eigenvalue weighted by Gasteiger charge is 2.29. The van der Waals surface area contributed by atoms with Gasteiger partial charge in [0.2, 0.25) is 5.95 Å². The first-order chi connectivity index (χ1) is 12.3. The third kappa shape index (κ3) is 3.49. The maximum Gasteiger partial charge on any atom is 0.263 e. The molecule has 0 spiro atoms. The molecule has 0 N–H and O–H groups in total. The van der Waals surface area contributed by atoms with Crippen LogP contribution >= 0.6 is 0 Å². The van der Waals surface area contributed by atoms with Gasteiger partial charge in [-0.15, -0.1) is 0 Å². The highest BCUT2D eigenvalue weighted by molar-refractivity contribution is 6.05. The van der Waals surface area contributed by atoms with Gasteiger partial charge < -0.3 is 0 Å². The van der Waals surface area contributed by atoms with Crippen LogP contribution in [0.4, 0.5) is 5.95 Å². The molecule has 0 atom stereocenters. The molecular formula is C20H23N5O. The Morgan fingerprint density at radius 3 is 2.27 bits per heavy atom. The van der Waals surface area contributed by atoms with Crippen LogP contribution in [0.25, 0.3) is 5.69 Å². The maximum absolute atomic E-state index is 13.1. The van der Waals surface area contributed by atoms with Gasteiger partial charge in [0.1, 0.15) is 0 Å². The van der Waals surface area contributed by atoms with Crippen molar-refractivity contribution in [3.63, 3.8) is 0 Å². The molecule has 6 heteroatoms. The summed E-state index contributed by atoms with van der Waals surface area (Å²) in [4.78, 5) is 22.9. The summed E-state index contributed by atoms with van der Waals surface area (Å²) in [5.41, 5.74) is 3.10. The Bertz CT molecular complexity index is 908. The summed E-state index contributed by atoms with van der Waals surface area (Å²) in [7, 11) is 1.67. The summed E-state index contributed by atoms with van der Waals surface area (Å²) >= 11 is 0. The minimum absolute atomic E-state index is 0.181. The van der Waals surface area contributed by atoms with E-state index in [-0.39, 0.29) is 11.3 Å². The van der Waals surface area contributed by atoms with E-state index in [1.54, 1.807) is 36.4 Å². The summed E-state index contributed by atoms with van der Waals surface area (Å²) in [5.74, 6) is 0.180. The minimum Gasteiger partial charge on any atom is -0.280 e. The van der Waals surface area contributed by atoms with Gasteiger partial charge in [-0.25, -0.2) is 14.6 Å². The summed E-state index contributed by atoms with van der Waals surface area (Å²) in [6, 6.07) is 9.76. The van der Waals surface area contributed by atoms with Gasteiger partial charge in [0, 0.05) is 31.1 Å². The van der Waals surface area contributed by atoms with E-state index in [1.165, 1.54) is 10.5 Å². The van der Waals surface area contributed by atoms with E-state index in [0.717, 1.165) is 11.4 Å². The smallest absolute Gasteiger partial charge is 0.263 e. The van der Waals surface area contributed by atoms with Crippen LogP contribution in [0.5, 0.6) is 0 Å². The van der Waals surface area contributed by atoms with Gasteiger partial charge in [-0.3, -0.25) is 9.69 Å². The molecule has 134 valence electrons. The van der Waals surface area contributed by atoms with Crippen molar-refractivity contribution < 1.29 is 4.79 Å². The Labute approximate surface area is 153 Å². The van der Waals surface area contributed by atoms with Crippen LogP contribution in [-0.2, 0) is 5.41 Å². The molecule has 2 heterocycles. The third-order valence-electron chi connectivity index (χ3n) is 4.11.